The molecule has 6 heteroatoms. The molecule has 0 saturated carbocycles. The van der Waals surface area contributed by atoms with Crippen molar-refractivity contribution < 1.29 is 0 Å². The third kappa shape index (κ3) is 3.45. The summed E-state index contributed by atoms with van der Waals surface area (Å²) < 4.78 is 2.24. The van der Waals surface area contributed by atoms with Crippen LogP contribution in [0.5, 0.6) is 0 Å². The molecule has 1 aliphatic rings. The monoisotopic (exact) mass is 566 g/mol. The molecule has 8 aromatic rings. The Labute approximate surface area is 253 Å². The van der Waals surface area contributed by atoms with E-state index in [1.165, 1.54) is 22.3 Å². The van der Waals surface area contributed by atoms with E-state index < -0.39 is 0 Å². The second kappa shape index (κ2) is 9.12. The van der Waals surface area contributed by atoms with Crippen molar-refractivity contribution in [2.75, 3.05) is 0 Å². The van der Waals surface area contributed by atoms with Crippen LogP contribution in [0.2, 0.25) is 0 Å². The van der Waals surface area contributed by atoms with Gasteiger partial charge in [0.1, 0.15) is 6.33 Å². The van der Waals surface area contributed by atoms with Gasteiger partial charge < -0.3 is 0 Å². The van der Waals surface area contributed by atoms with Gasteiger partial charge in [-0.25, -0.2) is 15.0 Å². The number of aromatic nitrogens is 6. The minimum absolute atomic E-state index is 0.249. The molecule has 44 heavy (non-hydrogen) atoms. The smallest absolute Gasteiger partial charge is 0.238 e. The Hall–Kier alpha value is -5.75. The zero-order valence-corrected chi connectivity index (χ0v) is 24.2. The maximum atomic E-state index is 5.20. The molecule has 0 bridgehead atoms. The Kier molecular flexibility index (Phi) is 5.14. The van der Waals surface area contributed by atoms with Crippen molar-refractivity contribution in [3.05, 3.63) is 133 Å². The first-order chi connectivity index (χ1) is 21.6. The zero-order chi connectivity index (χ0) is 29.4. The average molecular weight is 567 g/mol. The van der Waals surface area contributed by atoms with Crippen molar-refractivity contribution in [3.63, 3.8) is 0 Å². The van der Waals surface area contributed by atoms with Crippen LogP contribution in [0.4, 0.5) is 0 Å². The van der Waals surface area contributed by atoms with Gasteiger partial charge in [-0.1, -0.05) is 111 Å². The molecule has 0 amide bonds. The first-order valence-electron chi connectivity index (χ1n) is 14.8. The number of benzene rings is 5. The van der Waals surface area contributed by atoms with Crippen LogP contribution < -0.4 is 0 Å². The molecule has 6 nitrogen and oxygen atoms in total. The van der Waals surface area contributed by atoms with Crippen molar-refractivity contribution in [2.24, 2.45) is 0 Å². The Bertz CT molecular complexity index is 2350. The first kappa shape index (κ1) is 24.8. The van der Waals surface area contributed by atoms with E-state index >= 15 is 0 Å². The SMILES string of the molecule is CC1(C)c2ccccc2-c2ccc3c4ccc5ncncc5c4n(-c4nc(-c5ccccc5)nc(-c5ccccc5)n4)c3c21. The molecule has 3 heterocycles. The van der Waals surface area contributed by atoms with Crippen LogP contribution in [-0.4, -0.2) is 29.5 Å². The molecule has 208 valence electrons. The third-order valence-electron chi connectivity index (χ3n) is 8.98. The van der Waals surface area contributed by atoms with Gasteiger partial charge in [0, 0.05) is 38.9 Å². The highest BCUT2D eigenvalue weighted by Gasteiger charge is 2.39. The lowest BCUT2D eigenvalue weighted by molar-refractivity contribution is 0.663. The average Bonchev–Trinajstić information content (AvgIpc) is 3.54. The van der Waals surface area contributed by atoms with Gasteiger partial charge in [0.2, 0.25) is 5.95 Å². The predicted molar refractivity (Wildman–Crippen MR) is 176 cm³/mol. The minimum Gasteiger partial charge on any atom is -0.277 e. The molecule has 9 rings (SSSR count). The van der Waals surface area contributed by atoms with E-state index in [-0.39, 0.29) is 5.41 Å². The van der Waals surface area contributed by atoms with Crippen molar-refractivity contribution in [2.45, 2.75) is 19.3 Å². The van der Waals surface area contributed by atoms with Crippen LogP contribution in [0.3, 0.4) is 0 Å². The number of hydrogen-bond acceptors (Lipinski definition) is 5. The van der Waals surface area contributed by atoms with E-state index in [4.69, 9.17) is 15.0 Å². The Morgan fingerprint density at radius 2 is 1.20 bits per heavy atom. The van der Waals surface area contributed by atoms with Gasteiger partial charge in [0.25, 0.3) is 0 Å². The number of fused-ring (bicyclic) bond motifs is 9. The summed E-state index contributed by atoms with van der Waals surface area (Å²) in [7, 11) is 0. The summed E-state index contributed by atoms with van der Waals surface area (Å²) in [5, 5.41) is 3.21. The summed E-state index contributed by atoms with van der Waals surface area (Å²) in [4.78, 5) is 24.5. The molecule has 5 aromatic carbocycles. The normalized spacial score (nSPS) is 13.4. The number of nitrogens with zero attached hydrogens (tertiary/aromatic N) is 6. The first-order valence-corrected chi connectivity index (χ1v) is 14.8. The molecule has 0 saturated heterocycles. The molecule has 0 spiro atoms. The zero-order valence-electron chi connectivity index (χ0n) is 24.2. The number of hydrogen-bond donors (Lipinski definition) is 0. The standard InChI is InChI=1S/C38H26N6/c1-38(2)30-16-10-9-15-25(30)26-17-18-28-27-19-20-31-29(21-39-22-40-31)33(27)44(34(28)32(26)38)37-42-35(23-11-5-3-6-12-23)41-36(43-37)24-13-7-4-8-14-24/h3-22H,1-2H3. The van der Waals surface area contributed by atoms with Gasteiger partial charge in [-0.3, -0.25) is 4.57 Å². The van der Waals surface area contributed by atoms with Gasteiger partial charge in [0.15, 0.2) is 11.6 Å². The maximum absolute atomic E-state index is 5.20. The Morgan fingerprint density at radius 3 is 1.93 bits per heavy atom. The van der Waals surface area contributed by atoms with Crippen LogP contribution in [0.25, 0.3) is 72.6 Å². The molecule has 0 unspecified atom stereocenters. The highest BCUT2D eigenvalue weighted by molar-refractivity contribution is 6.19. The summed E-state index contributed by atoms with van der Waals surface area (Å²) in [6.07, 6.45) is 3.50. The molecule has 0 atom stereocenters. The lowest BCUT2D eigenvalue weighted by Gasteiger charge is -2.23. The molecule has 1 aliphatic carbocycles. The van der Waals surface area contributed by atoms with E-state index in [1.54, 1.807) is 6.33 Å². The van der Waals surface area contributed by atoms with E-state index in [9.17, 15) is 0 Å². The summed E-state index contributed by atoms with van der Waals surface area (Å²) in [5.74, 6) is 1.81. The topological polar surface area (TPSA) is 69.4 Å². The van der Waals surface area contributed by atoms with E-state index in [0.29, 0.717) is 17.6 Å². The third-order valence-corrected chi connectivity index (χ3v) is 8.98. The number of rotatable bonds is 3. The van der Waals surface area contributed by atoms with E-state index in [0.717, 1.165) is 43.8 Å². The minimum atomic E-state index is -0.249. The van der Waals surface area contributed by atoms with Gasteiger partial charge in [-0.15, -0.1) is 0 Å². The van der Waals surface area contributed by atoms with E-state index in [2.05, 4.69) is 76.9 Å². The highest BCUT2D eigenvalue weighted by Crippen LogP contribution is 2.53. The van der Waals surface area contributed by atoms with Gasteiger partial charge >= 0.3 is 0 Å². The fourth-order valence-electron chi connectivity index (χ4n) is 7.00. The quantitative estimate of drug-likeness (QED) is 0.214. The molecular weight excluding hydrogens is 540 g/mol. The van der Waals surface area contributed by atoms with Gasteiger partial charge in [-0.05, 0) is 34.4 Å². The highest BCUT2D eigenvalue weighted by atomic mass is 15.2. The molecular formula is C38H26N6. The largest absolute Gasteiger partial charge is 0.277 e. The molecule has 0 fully saturated rings. The van der Waals surface area contributed by atoms with Crippen LogP contribution in [-0.2, 0) is 5.41 Å². The summed E-state index contributed by atoms with van der Waals surface area (Å²) >= 11 is 0. The molecule has 0 aliphatic heterocycles. The summed E-state index contributed by atoms with van der Waals surface area (Å²) in [5.41, 5.74) is 9.66. The lowest BCUT2D eigenvalue weighted by atomic mass is 9.81. The fourth-order valence-corrected chi connectivity index (χ4v) is 7.00. The molecule has 0 N–H and O–H groups in total. The van der Waals surface area contributed by atoms with Gasteiger partial charge in [0.05, 0.1) is 16.6 Å². The Morgan fingerprint density at radius 1 is 0.568 bits per heavy atom. The van der Waals surface area contributed by atoms with Gasteiger partial charge in [-0.2, -0.15) is 9.97 Å². The van der Waals surface area contributed by atoms with Crippen molar-refractivity contribution in [1.82, 2.24) is 29.5 Å². The maximum Gasteiger partial charge on any atom is 0.238 e. The van der Waals surface area contributed by atoms with Crippen LogP contribution >= 0.6 is 0 Å². The fraction of sp³-hybridized carbons (Fsp3) is 0.0789. The summed E-state index contributed by atoms with van der Waals surface area (Å²) in [6, 6.07) is 37.7. The molecule has 0 radical (unpaired) electrons. The van der Waals surface area contributed by atoms with Crippen molar-refractivity contribution in [3.8, 4) is 39.9 Å². The van der Waals surface area contributed by atoms with Crippen molar-refractivity contribution in [1.29, 1.82) is 0 Å². The lowest BCUT2D eigenvalue weighted by Crippen LogP contribution is -2.17. The van der Waals surface area contributed by atoms with Crippen molar-refractivity contribution >= 4 is 32.7 Å². The Balaban J connectivity index is 1.48. The van der Waals surface area contributed by atoms with Crippen LogP contribution in [0, 0.1) is 0 Å². The predicted octanol–water partition coefficient (Wildman–Crippen LogP) is 8.55. The summed E-state index contributed by atoms with van der Waals surface area (Å²) in [6.45, 7) is 4.64. The second-order valence-corrected chi connectivity index (χ2v) is 11.8. The second-order valence-electron chi connectivity index (χ2n) is 11.8. The van der Waals surface area contributed by atoms with E-state index in [1.807, 2.05) is 66.9 Å². The molecule has 3 aromatic heterocycles. The van der Waals surface area contributed by atoms with Crippen LogP contribution in [0.15, 0.2) is 122 Å². The van der Waals surface area contributed by atoms with Crippen LogP contribution in [0.1, 0.15) is 25.0 Å².